The molecule has 1 aromatic carbocycles. The Morgan fingerprint density at radius 3 is 2.82 bits per heavy atom. The van der Waals surface area contributed by atoms with Crippen LogP contribution >= 0.6 is 11.6 Å². The molecule has 0 radical (unpaired) electrons. The minimum Gasteiger partial charge on any atom is -0.481 e. The van der Waals surface area contributed by atoms with E-state index in [0.29, 0.717) is 12.8 Å². The third kappa shape index (κ3) is 2.23. The highest BCUT2D eigenvalue weighted by molar-refractivity contribution is 7.89. The summed E-state index contributed by atoms with van der Waals surface area (Å²) >= 11 is 5.76. The standard InChI is InChI=1S/C14H15ClFNO4S/c15-10-3-4-11(16)12(6-10)22(20,21)17-7-9-2-1-5-14(9,8-17)13(18)19/h3-4,6,9H,1-2,5,7-8H2,(H,18,19)/t9-,14+/m0/s1. The number of aliphatic carboxylic acids is 1. The maximum atomic E-state index is 13.9. The number of halogens is 2. The predicted molar refractivity (Wildman–Crippen MR) is 77.6 cm³/mol. The lowest BCUT2D eigenvalue weighted by Crippen LogP contribution is -2.37. The van der Waals surface area contributed by atoms with Crippen molar-refractivity contribution in [3.8, 4) is 0 Å². The molecule has 2 fully saturated rings. The Morgan fingerprint density at radius 2 is 2.18 bits per heavy atom. The van der Waals surface area contributed by atoms with E-state index in [1.807, 2.05) is 0 Å². The summed E-state index contributed by atoms with van der Waals surface area (Å²) in [5, 5.41) is 9.63. The summed E-state index contributed by atoms with van der Waals surface area (Å²) in [4.78, 5) is 11.1. The topological polar surface area (TPSA) is 74.7 Å². The van der Waals surface area contributed by atoms with Crippen LogP contribution in [0.2, 0.25) is 5.02 Å². The van der Waals surface area contributed by atoms with E-state index in [2.05, 4.69) is 0 Å². The molecule has 22 heavy (non-hydrogen) atoms. The Bertz CT molecular complexity index is 738. The van der Waals surface area contributed by atoms with Gasteiger partial charge in [0.05, 0.1) is 5.41 Å². The average Bonchev–Trinajstić information content (AvgIpc) is 2.99. The summed E-state index contributed by atoms with van der Waals surface area (Å²) in [6.07, 6.45) is 1.91. The van der Waals surface area contributed by atoms with E-state index in [4.69, 9.17) is 11.6 Å². The zero-order chi connectivity index (χ0) is 16.1. The van der Waals surface area contributed by atoms with Gasteiger partial charge in [-0.15, -0.1) is 0 Å². The van der Waals surface area contributed by atoms with Crippen LogP contribution in [-0.4, -0.2) is 36.9 Å². The highest BCUT2D eigenvalue weighted by Crippen LogP contribution is 2.50. The maximum absolute atomic E-state index is 13.9. The molecule has 0 bridgehead atoms. The third-order valence-electron chi connectivity index (χ3n) is 4.78. The first kappa shape index (κ1) is 15.7. The Morgan fingerprint density at radius 1 is 1.45 bits per heavy atom. The van der Waals surface area contributed by atoms with Crippen LogP contribution in [0.1, 0.15) is 19.3 Å². The molecule has 1 heterocycles. The number of hydrogen-bond donors (Lipinski definition) is 1. The van der Waals surface area contributed by atoms with Crippen molar-refractivity contribution in [2.24, 2.45) is 11.3 Å². The lowest BCUT2D eigenvalue weighted by molar-refractivity contribution is -0.149. The molecule has 0 spiro atoms. The first-order valence-electron chi connectivity index (χ1n) is 6.96. The number of carboxylic acid groups (broad SMARTS) is 1. The summed E-state index contributed by atoms with van der Waals surface area (Å²) in [6.45, 7) is 0.00186. The van der Waals surface area contributed by atoms with E-state index < -0.39 is 32.1 Å². The number of fused-ring (bicyclic) bond motifs is 1. The molecule has 1 N–H and O–H groups in total. The predicted octanol–water partition coefficient (Wildman–Crippen LogP) is 2.35. The van der Waals surface area contributed by atoms with E-state index in [-0.39, 0.29) is 24.0 Å². The lowest BCUT2D eigenvalue weighted by Gasteiger charge is -2.23. The van der Waals surface area contributed by atoms with E-state index in [9.17, 15) is 22.7 Å². The number of carboxylic acids is 1. The van der Waals surface area contributed by atoms with Crippen LogP contribution in [0.15, 0.2) is 23.1 Å². The van der Waals surface area contributed by atoms with E-state index >= 15 is 0 Å². The van der Waals surface area contributed by atoms with Crippen molar-refractivity contribution in [3.63, 3.8) is 0 Å². The number of benzene rings is 1. The summed E-state index contributed by atoms with van der Waals surface area (Å²) in [7, 11) is -4.09. The molecule has 1 aromatic rings. The fraction of sp³-hybridized carbons (Fsp3) is 0.500. The number of hydrogen-bond acceptors (Lipinski definition) is 3. The molecule has 1 saturated heterocycles. The van der Waals surface area contributed by atoms with Crippen molar-refractivity contribution in [2.75, 3.05) is 13.1 Å². The van der Waals surface area contributed by atoms with Crippen LogP contribution in [0.4, 0.5) is 4.39 Å². The van der Waals surface area contributed by atoms with Gasteiger partial charge in [-0.3, -0.25) is 4.79 Å². The molecular weight excluding hydrogens is 333 g/mol. The zero-order valence-corrected chi connectivity index (χ0v) is 13.2. The number of carbonyl (C=O) groups is 1. The zero-order valence-electron chi connectivity index (χ0n) is 11.6. The SMILES string of the molecule is O=C(O)[C@@]12CCC[C@H]1CN(S(=O)(=O)c1cc(Cl)ccc1F)C2. The van der Waals surface area contributed by atoms with E-state index in [1.165, 1.54) is 6.07 Å². The molecule has 1 aliphatic carbocycles. The second kappa shape index (κ2) is 5.18. The second-order valence-corrected chi connectivity index (χ2v) is 8.27. The van der Waals surface area contributed by atoms with Gasteiger partial charge in [-0.25, -0.2) is 12.8 Å². The molecule has 1 saturated carbocycles. The van der Waals surface area contributed by atoms with Crippen molar-refractivity contribution in [3.05, 3.63) is 29.0 Å². The van der Waals surface area contributed by atoms with Crippen LogP contribution in [-0.2, 0) is 14.8 Å². The molecule has 3 rings (SSSR count). The Hall–Kier alpha value is -1.18. The first-order chi connectivity index (χ1) is 10.3. The van der Waals surface area contributed by atoms with Gasteiger partial charge in [0.25, 0.3) is 0 Å². The van der Waals surface area contributed by atoms with Crippen molar-refractivity contribution in [2.45, 2.75) is 24.2 Å². The lowest BCUT2D eigenvalue weighted by atomic mass is 9.81. The van der Waals surface area contributed by atoms with E-state index in [1.54, 1.807) is 0 Å². The molecule has 0 aromatic heterocycles. The van der Waals surface area contributed by atoms with Gasteiger partial charge >= 0.3 is 5.97 Å². The quantitative estimate of drug-likeness (QED) is 0.910. The number of sulfonamides is 1. The Kier molecular flexibility index (Phi) is 3.70. The first-order valence-corrected chi connectivity index (χ1v) is 8.78. The van der Waals surface area contributed by atoms with Crippen molar-refractivity contribution in [1.82, 2.24) is 4.31 Å². The molecule has 2 aliphatic rings. The monoisotopic (exact) mass is 347 g/mol. The van der Waals surface area contributed by atoms with Crippen LogP contribution in [0.25, 0.3) is 0 Å². The van der Waals surface area contributed by atoms with Gasteiger partial charge < -0.3 is 5.11 Å². The normalized spacial score (nSPS) is 28.7. The van der Waals surface area contributed by atoms with Gasteiger partial charge in [-0.1, -0.05) is 18.0 Å². The highest BCUT2D eigenvalue weighted by Gasteiger charge is 2.57. The summed E-state index contributed by atoms with van der Waals surface area (Å²) < 4.78 is 40.2. The summed E-state index contributed by atoms with van der Waals surface area (Å²) in [6, 6.07) is 3.33. The molecule has 1 aliphatic heterocycles. The van der Waals surface area contributed by atoms with Crippen LogP contribution < -0.4 is 0 Å². The van der Waals surface area contributed by atoms with Gasteiger partial charge in [0.15, 0.2) is 0 Å². The van der Waals surface area contributed by atoms with Crippen molar-refractivity contribution in [1.29, 1.82) is 0 Å². The molecule has 0 unspecified atom stereocenters. The van der Waals surface area contributed by atoms with E-state index in [0.717, 1.165) is 22.9 Å². The minimum atomic E-state index is -4.09. The third-order valence-corrected chi connectivity index (χ3v) is 6.84. The van der Waals surface area contributed by atoms with Gasteiger partial charge in [-0.2, -0.15) is 4.31 Å². The molecule has 0 amide bonds. The Balaban J connectivity index is 1.98. The number of nitrogens with zero attached hydrogens (tertiary/aromatic N) is 1. The molecule has 2 atom stereocenters. The van der Waals surface area contributed by atoms with Crippen LogP contribution in [0.3, 0.4) is 0 Å². The smallest absolute Gasteiger partial charge is 0.311 e. The Labute approximate surface area is 132 Å². The van der Waals surface area contributed by atoms with Gasteiger partial charge in [-0.05, 0) is 37.0 Å². The average molecular weight is 348 g/mol. The van der Waals surface area contributed by atoms with Crippen molar-refractivity contribution < 1.29 is 22.7 Å². The van der Waals surface area contributed by atoms with Gasteiger partial charge in [0, 0.05) is 18.1 Å². The van der Waals surface area contributed by atoms with Crippen LogP contribution in [0, 0.1) is 17.2 Å². The fourth-order valence-corrected chi connectivity index (χ4v) is 5.47. The fourth-order valence-electron chi connectivity index (χ4n) is 3.59. The second-order valence-electron chi connectivity index (χ2n) is 5.92. The minimum absolute atomic E-state index is 0.110. The van der Waals surface area contributed by atoms with Crippen molar-refractivity contribution >= 4 is 27.6 Å². The molecular formula is C14H15ClFNO4S. The summed E-state index contributed by atoms with van der Waals surface area (Å²) in [5.41, 5.74) is -1.04. The summed E-state index contributed by atoms with van der Waals surface area (Å²) in [5.74, 6) is -2.08. The van der Waals surface area contributed by atoms with Gasteiger partial charge in [0.2, 0.25) is 10.0 Å². The van der Waals surface area contributed by atoms with Gasteiger partial charge in [0.1, 0.15) is 10.7 Å². The maximum Gasteiger partial charge on any atom is 0.311 e. The molecule has 5 nitrogen and oxygen atoms in total. The highest BCUT2D eigenvalue weighted by atomic mass is 35.5. The van der Waals surface area contributed by atoms with Crippen LogP contribution in [0.5, 0.6) is 0 Å². The molecule has 120 valence electrons. The number of rotatable bonds is 3. The largest absolute Gasteiger partial charge is 0.481 e. The molecule has 8 heteroatoms.